The van der Waals surface area contributed by atoms with Crippen LogP contribution in [0.15, 0.2) is 18.2 Å². The molecule has 17 heavy (non-hydrogen) atoms. The van der Waals surface area contributed by atoms with Crippen molar-refractivity contribution in [3.8, 4) is 0 Å². The molecular weight excluding hydrogens is 210 g/mol. The minimum atomic E-state index is 0.115. The highest BCUT2D eigenvalue weighted by atomic mass is 15.1. The van der Waals surface area contributed by atoms with Gasteiger partial charge < -0.3 is 10.6 Å². The van der Waals surface area contributed by atoms with Gasteiger partial charge in [-0.15, -0.1) is 0 Å². The zero-order valence-electron chi connectivity index (χ0n) is 11.2. The quantitative estimate of drug-likeness (QED) is 0.605. The average Bonchev–Trinajstić information content (AvgIpc) is 2.23. The van der Waals surface area contributed by atoms with Crippen molar-refractivity contribution in [2.75, 3.05) is 13.6 Å². The summed E-state index contributed by atoms with van der Waals surface area (Å²) in [6.07, 6.45) is 0. The Bertz CT molecular complexity index is 378. The first-order valence-electron chi connectivity index (χ1n) is 5.99. The van der Waals surface area contributed by atoms with Gasteiger partial charge in [0.05, 0.1) is 5.84 Å². The van der Waals surface area contributed by atoms with Crippen molar-refractivity contribution < 1.29 is 0 Å². The molecule has 3 N–H and O–H groups in total. The molecule has 94 valence electrons. The zero-order valence-corrected chi connectivity index (χ0v) is 11.2. The van der Waals surface area contributed by atoms with Crippen LogP contribution in [0, 0.1) is 25.2 Å². The van der Waals surface area contributed by atoms with Crippen LogP contribution in [0.3, 0.4) is 0 Å². The summed E-state index contributed by atoms with van der Waals surface area (Å²) in [4.78, 5) is 2.22. The minimum Gasteiger partial charge on any atom is -0.387 e. The molecule has 3 heteroatoms. The van der Waals surface area contributed by atoms with E-state index in [1.165, 1.54) is 16.7 Å². The molecule has 1 rings (SSSR count). The molecule has 0 fully saturated rings. The monoisotopic (exact) mass is 233 g/mol. The SMILES string of the molecule is Cc1cccc(C)c1CN(C)CC(C)C(=N)N. The average molecular weight is 233 g/mol. The van der Waals surface area contributed by atoms with Crippen molar-refractivity contribution in [1.82, 2.24) is 4.90 Å². The van der Waals surface area contributed by atoms with Gasteiger partial charge in [-0.25, -0.2) is 0 Å². The molecule has 0 bridgehead atoms. The first-order chi connectivity index (χ1) is 7.91. The van der Waals surface area contributed by atoms with E-state index in [-0.39, 0.29) is 11.8 Å². The van der Waals surface area contributed by atoms with Crippen LogP contribution in [0.5, 0.6) is 0 Å². The Labute approximate surface area is 104 Å². The number of nitrogens with one attached hydrogen (secondary N) is 1. The first kappa shape index (κ1) is 13.7. The summed E-state index contributed by atoms with van der Waals surface area (Å²) < 4.78 is 0. The summed E-state index contributed by atoms with van der Waals surface area (Å²) in [5.74, 6) is 0.377. The van der Waals surface area contributed by atoms with Crippen LogP contribution >= 0.6 is 0 Å². The molecule has 3 nitrogen and oxygen atoms in total. The topological polar surface area (TPSA) is 53.1 Å². The van der Waals surface area contributed by atoms with Crippen molar-refractivity contribution >= 4 is 5.84 Å². The Hall–Kier alpha value is -1.35. The number of nitrogens with two attached hydrogens (primary N) is 1. The van der Waals surface area contributed by atoms with Crippen LogP contribution in [0.2, 0.25) is 0 Å². The van der Waals surface area contributed by atoms with Crippen LogP contribution in [0.4, 0.5) is 0 Å². The first-order valence-corrected chi connectivity index (χ1v) is 5.99. The fourth-order valence-electron chi connectivity index (χ4n) is 2.00. The van der Waals surface area contributed by atoms with Crippen molar-refractivity contribution in [3.05, 3.63) is 34.9 Å². The maximum absolute atomic E-state index is 7.41. The van der Waals surface area contributed by atoms with Crippen molar-refractivity contribution in [2.45, 2.75) is 27.3 Å². The number of benzene rings is 1. The van der Waals surface area contributed by atoms with Gasteiger partial charge in [0, 0.05) is 19.0 Å². The van der Waals surface area contributed by atoms with Crippen LogP contribution in [-0.4, -0.2) is 24.3 Å². The van der Waals surface area contributed by atoms with Crippen LogP contribution in [0.25, 0.3) is 0 Å². The number of aryl methyl sites for hydroxylation is 2. The van der Waals surface area contributed by atoms with Gasteiger partial charge in [-0.3, -0.25) is 5.41 Å². The molecule has 1 aromatic rings. The molecule has 1 atom stereocenters. The molecule has 0 spiro atoms. The second-order valence-electron chi connectivity index (χ2n) is 4.92. The highest BCUT2D eigenvalue weighted by Crippen LogP contribution is 2.15. The van der Waals surface area contributed by atoms with E-state index in [0.29, 0.717) is 0 Å². The third kappa shape index (κ3) is 3.86. The maximum atomic E-state index is 7.41. The minimum absolute atomic E-state index is 0.115. The Kier molecular flexibility index (Phi) is 4.70. The molecule has 0 aliphatic heterocycles. The molecule has 0 amide bonds. The summed E-state index contributed by atoms with van der Waals surface area (Å²) in [6, 6.07) is 6.38. The predicted molar refractivity (Wildman–Crippen MR) is 73.3 cm³/mol. The van der Waals surface area contributed by atoms with Gasteiger partial charge in [0.2, 0.25) is 0 Å². The number of hydrogen-bond donors (Lipinski definition) is 2. The van der Waals surface area contributed by atoms with E-state index in [4.69, 9.17) is 11.1 Å². The summed E-state index contributed by atoms with van der Waals surface area (Å²) in [5.41, 5.74) is 9.53. The number of rotatable bonds is 5. The Morgan fingerprint density at radius 2 is 1.88 bits per heavy atom. The lowest BCUT2D eigenvalue weighted by Gasteiger charge is -2.22. The number of nitrogens with zero attached hydrogens (tertiary/aromatic N) is 1. The standard InChI is InChI=1S/C14H23N3/c1-10-6-5-7-11(2)13(10)9-17(4)8-12(3)14(15)16/h5-7,12H,8-9H2,1-4H3,(H3,15,16). The summed E-state index contributed by atoms with van der Waals surface area (Å²) >= 11 is 0. The molecule has 0 saturated carbocycles. The molecule has 0 aliphatic carbocycles. The van der Waals surface area contributed by atoms with Gasteiger partial charge in [-0.1, -0.05) is 25.1 Å². The van der Waals surface area contributed by atoms with E-state index < -0.39 is 0 Å². The second kappa shape index (κ2) is 5.82. The summed E-state index contributed by atoms with van der Waals surface area (Å²) in [7, 11) is 2.07. The Morgan fingerprint density at radius 1 is 1.35 bits per heavy atom. The summed E-state index contributed by atoms with van der Waals surface area (Å²) in [5, 5.41) is 7.41. The van der Waals surface area contributed by atoms with Crippen molar-refractivity contribution in [3.63, 3.8) is 0 Å². The van der Waals surface area contributed by atoms with Crippen LogP contribution in [-0.2, 0) is 6.54 Å². The molecular formula is C14H23N3. The molecule has 0 aliphatic rings. The number of amidine groups is 1. The fourth-order valence-corrected chi connectivity index (χ4v) is 2.00. The second-order valence-corrected chi connectivity index (χ2v) is 4.92. The molecule has 0 aromatic heterocycles. The smallest absolute Gasteiger partial charge is 0.0947 e. The summed E-state index contributed by atoms with van der Waals surface area (Å²) in [6.45, 7) is 8.01. The lowest BCUT2D eigenvalue weighted by atomic mass is 10.0. The highest BCUT2D eigenvalue weighted by Gasteiger charge is 2.11. The molecule has 0 radical (unpaired) electrons. The molecule has 0 saturated heterocycles. The van der Waals surface area contributed by atoms with Gasteiger partial charge in [0.25, 0.3) is 0 Å². The lowest BCUT2D eigenvalue weighted by molar-refractivity contribution is 0.305. The van der Waals surface area contributed by atoms with E-state index in [9.17, 15) is 0 Å². The van der Waals surface area contributed by atoms with E-state index in [2.05, 4.69) is 44.0 Å². The van der Waals surface area contributed by atoms with Crippen LogP contribution < -0.4 is 5.73 Å². The maximum Gasteiger partial charge on any atom is 0.0947 e. The largest absolute Gasteiger partial charge is 0.387 e. The van der Waals surface area contributed by atoms with E-state index >= 15 is 0 Å². The van der Waals surface area contributed by atoms with Gasteiger partial charge in [-0.2, -0.15) is 0 Å². The third-order valence-corrected chi connectivity index (χ3v) is 3.19. The Morgan fingerprint density at radius 3 is 2.35 bits per heavy atom. The van der Waals surface area contributed by atoms with Crippen LogP contribution in [0.1, 0.15) is 23.6 Å². The van der Waals surface area contributed by atoms with E-state index in [1.807, 2.05) is 6.92 Å². The van der Waals surface area contributed by atoms with Crippen molar-refractivity contribution in [1.29, 1.82) is 5.41 Å². The predicted octanol–water partition coefficient (Wildman–Crippen LogP) is 2.31. The number of hydrogen-bond acceptors (Lipinski definition) is 2. The highest BCUT2D eigenvalue weighted by molar-refractivity contribution is 5.79. The van der Waals surface area contributed by atoms with E-state index in [0.717, 1.165) is 13.1 Å². The molecule has 1 aromatic carbocycles. The normalized spacial score (nSPS) is 12.8. The zero-order chi connectivity index (χ0) is 13.0. The van der Waals surface area contributed by atoms with Gasteiger partial charge in [-0.05, 0) is 37.6 Å². The molecule has 1 unspecified atom stereocenters. The van der Waals surface area contributed by atoms with Gasteiger partial charge in [0.1, 0.15) is 0 Å². The Balaban J connectivity index is 2.68. The lowest BCUT2D eigenvalue weighted by Crippen LogP contribution is -2.32. The fraction of sp³-hybridized carbons (Fsp3) is 0.500. The van der Waals surface area contributed by atoms with Gasteiger partial charge >= 0.3 is 0 Å². The third-order valence-electron chi connectivity index (χ3n) is 3.19. The van der Waals surface area contributed by atoms with Gasteiger partial charge in [0.15, 0.2) is 0 Å². The van der Waals surface area contributed by atoms with E-state index in [1.54, 1.807) is 0 Å². The molecule has 0 heterocycles. The van der Waals surface area contributed by atoms with Crippen molar-refractivity contribution in [2.24, 2.45) is 11.7 Å².